The van der Waals surface area contributed by atoms with Crippen LogP contribution in [0.25, 0.3) is 89.5 Å². The molecule has 0 N–H and O–H groups in total. The summed E-state index contributed by atoms with van der Waals surface area (Å²) in [5, 5.41) is 0. The van der Waals surface area contributed by atoms with Crippen LogP contribution in [0.2, 0.25) is 0 Å². The standard InChI is InChI=1S/C58H35N3O2S/c62-64(63)54-23-11-8-19-45(54)46-30-31-50-55(56(46)64)47-20-7-10-22-49(47)58(50)48-21-9-6-18-43(48)41-16-4-5-17-42(41)44-29-28-39(33-51(44)58)53-34-52(37-13-2-1-3-14-37)60-57(61-53)38-26-24-36(25-27-38)40-15-12-32-59-35-40/h1-35H. The Balaban J connectivity index is 1.10. The SMILES string of the molecule is O=S1(=O)c2ccccc2-c2ccc3c(c21)-c1ccccc1C31c2ccccc2-c2ccccc2-c2ccc(-c3cc(-c4ccccc4)nc(-c4ccc(-c5cccnc5)cc4)n3)cc21. The summed E-state index contributed by atoms with van der Waals surface area (Å²) >= 11 is 0. The Morgan fingerprint density at radius 2 is 0.938 bits per heavy atom. The van der Waals surface area contributed by atoms with Crippen LogP contribution in [0.1, 0.15) is 22.3 Å². The highest BCUT2D eigenvalue weighted by atomic mass is 32.2. The first-order chi connectivity index (χ1) is 31.5. The fourth-order valence-corrected chi connectivity index (χ4v) is 12.6. The average molecular weight is 838 g/mol. The molecule has 13 rings (SSSR count). The predicted octanol–water partition coefficient (Wildman–Crippen LogP) is 13.4. The molecule has 64 heavy (non-hydrogen) atoms. The third kappa shape index (κ3) is 5.11. The summed E-state index contributed by atoms with van der Waals surface area (Å²) in [6.45, 7) is 0. The number of aromatic nitrogens is 3. The third-order valence-electron chi connectivity index (χ3n) is 13.4. The molecule has 0 radical (unpaired) electrons. The van der Waals surface area contributed by atoms with Gasteiger partial charge in [-0.2, -0.15) is 0 Å². The van der Waals surface area contributed by atoms with Crippen molar-refractivity contribution in [1.82, 2.24) is 15.0 Å². The summed E-state index contributed by atoms with van der Waals surface area (Å²) in [7, 11) is -3.86. The Bertz CT molecular complexity index is 3680. The van der Waals surface area contributed by atoms with Crippen molar-refractivity contribution in [1.29, 1.82) is 0 Å². The molecule has 1 aliphatic heterocycles. The van der Waals surface area contributed by atoms with Gasteiger partial charge in [-0.05, 0) is 85.5 Å². The van der Waals surface area contributed by atoms with Gasteiger partial charge >= 0.3 is 0 Å². The zero-order valence-corrected chi connectivity index (χ0v) is 35.1. The first-order valence-electron chi connectivity index (χ1n) is 21.4. The van der Waals surface area contributed by atoms with E-state index < -0.39 is 15.3 Å². The van der Waals surface area contributed by atoms with Crippen molar-refractivity contribution in [2.45, 2.75) is 15.2 Å². The van der Waals surface area contributed by atoms with E-state index in [1.54, 1.807) is 12.3 Å². The molecule has 0 fully saturated rings. The molecule has 5 nitrogen and oxygen atoms in total. The molecule has 8 aromatic carbocycles. The number of fused-ring (bicyclic) bond motifs is 16. The van der Waals surface area contributed by atoms with Gasteiger partial charge in [0.05, 0.1) is 26.6 Å². The van der Waals surface area contributed by atoms with E-state index in [1.807, 2.05) is 60.8 Å². The minimum atomic E-state index is -3.86. The minimum Gasteiger partial charge on any atom is -0.264 e. The molecule has 0 saturated heterocycles. The first kappa shape index (κ1) is 36.6. The predicted molar refractivity (Wildman–Crippen MR) is 254 cm³/mol. The lowest BCUT2D eigenvalue weighted by Crippen LogP contribution is -2.29. The van der Waals surface area contributed by atoms with Crippen molar-refractivity contribution < 1.29 is 8.42 Å². The third-order valence-corrected chi connectivity index (χ3v) is 15.3. The van der Waals surface area contributed by atoms with Crippen LogP contribution in [-0.4, -0.2) is 23.4 Å². The molecule has 1 atom stereocenters. The zero-order valence-electron chi connectivity index (χ0n) is 34.3. The molecule has 300 valence electrons. The molecule has 3 aliphatic rings. The number of nitrogens with zero attached hydrogens (tertiary/aromatic N) is 3. The maximum atomic E-state index is 14.9. The topological polar surface area (TPSA) is 72.8 Å². The van der Waals surface area contributed by atoms with E-state index in [0.717, 1.165) is 106 Å². The van der Waals surface area contributed by atoms with E-state index in [2.05, 4.69) is 145 Å². The van der Waals surface area contributed by atoms with E-state index in [4.69, 9.17) is 9.97 Å². The fourth-order valence-electron chi connectivity index (χ4n) is 10.7. The van der Waals surface area contributed by atoms with Gasteiger partial charge in [0.1, 0.15) is 0 Å². The van der Waals surface area contributed by atoms with Crippen LogP contribution in [-0.2, 0) is 15.3 Å². The van der Waals surface area contributed by atoms with Crippen molar-refractivity contribution in [2.24, 2.45) is 0 Å². The maximum Gasteiger partial charge on any atom is 0.208 e. The molecular weight excluding hydrogens is 803 g/mol. The van der Waals surface area contributed by atoms with Crippen LogP contribution in [0.4, 0.5) is 0 Å². The Morgan fingerprint density at radius 1 is 0.375 bits per heavy atom. The number of benzene rings is 8. The molecule has 0 amide bonds. The molecule has 10 aromatic rings. The van der Waals surface area contributed by atoms with E-state index >= 15 is 0 Å². The van der Waals surface area contributed by atoms with E-state index in [-0.39, 0.29) is 0 Å². The Morgan fingerprint density at radius 3 is 1.67 bits per heavy atom. The summed E-state index contributed by atoms with van der Waals surface area (Å²) in [4.78, 5) is 15.6. The highest BCUT2D eigenvalue weighted by molar-refractivity contribution is 7.92. The largest absolute Gasteiger partial charge is 0.264 e. The lowest BCUT2D eigenvalue weighted by Gasteiger charge is -2.35. The molecule has 3 heterocycles. The summed E-state index contributed by atoms with van der Waals surface area (Å²) < 4.78 is 29.7. The van der Waals surface area contributed by atoms with Gasteiger partial charge in [-0.3, -0.25) is 4.98 Å². The van der Waals surface area contributed by atoms with Gasteiger partial charge in [-0.25, -0.2) is 18.4 Å². The average Bonchev–Trinajstić information content (AvgIpc) is 3.75. The molecule has 0 saturated carbocycles. The Labute approximate surface area is 371 Å². The van der Waals surface area contributed by atoms with Crippen molar-refractivity contribution in [3.8, 4) is 89.5 Å². The normalized spacial score (nSPS) is 15.5. The van der Waals surface area contributed by atoms with E-state index in [0.29, 0.717) is 15.6 Å². The molecule has 1 unspecified atom stereocenters. The molecule has 0 bridgehead atoms. The van der Waals surface area contributed by atoms with Gasteiger partial charge in [-0.15, -0.1) is 0 Å². The van der Waals surface area contributed by atoms with Crippen LogP contribution >= 0.6 is 0 Å². The molecular formula is C58H35N3O2S. The number of hydrogen-bond donors (Lipinski definition) is 0. The summed E-state index contributed by atoms with van der Waals surface area (Å²) in [5.41, 5.74) is 17.4. The van der Waals surface area contributed by atoms with Crippen molar-refractivity contribution in [3.05, 3.63) is 235 Å². The summed E-state index contributed by atoms with van der Waals surface area (Å²) in [5.74, 6) is 0.617. The number of hydrogen-bond acceptors (Lipinski definition) is 5. The molecule has 1 spiro atoms. The van der Waals surface area contributed by atoms with Gasteiger partial charge in [0.15, 0.2) is 5.82 Å². The monoisotopic (exact) mass is 837 g/mol. The van der Waals surface area contributed by atoms with Gasteiger partial charge in [-0.1, -0.05) is 176 Å². The fraction of sp³-hybridized carbons (Fsp3) is 0.0172. The number of sulfone groups is 1. The smallest absolute Gasteiger partial charge is 0.208 e. The van der Waals surface area contributed by atoms with Crippen molar-refractivity contribution in [2.75, 3.05) is 0 Å². The van der Waals surface area contributed by atoms with Crippen LogP contribution in [0.5, 0.6) is 0 Å². The van der Waals surface area contributed by atoms with Gasteiger partial charge < -0.3 is 0 Å². The van der Waals surface area contributed by atoms with Gasteiger partial charge in [0.25, 0.3) is 0 Å². The Hall–Kier alpha value is -8.06. The van der Waals surface area contributed by atoms with Crippen LogP contribution in [0.3, 0.4) is 0 Å². The lowest BCUT2D eigenvalue weighted by molar-refractivity contribution is 0.599. The molecule has 6 heteroatoms. The zero-order chi connectivity index (χ0) is 42.6. The lowest BCUT2D eigenvalue weighted by atomic mass is 9.65. The second-order valence-corrected chi connectivity index (χ2v) is 18.5. The maximum absolute atomic E-state index is 14.9. The second-order valence-electron chi connectivity index (χ2n) is 16.7. The summed E-state index contributed by atoms with van der Waals surface area (Å²) in [6.07, 6.45) is 3.65. The first-order valence-corrected chi connectivity index (χ1v) is 22.9. The van der Waals surface area contributed by atoms with Crippen LogP contribution in [0.15, 0.2) is 222 Å². The number of pyridine rings is 1. The number of rotatable bonds is 4. The highest BCUT2D eigenvalue weighted by Crippen LogP contribution is 2.64. The highest BCUT2D eigenvalue weighted by Gasteiger charge is 2.52. The van der Waals surface area contributed by atoms with Crippen molar-refractivity contribution in [3.63, 3.8) is 0 Å². The molecule has 2 aromatic heterocycles. The van der Waals surface area contributed by atoms with Crippen LogP contribution in [0, 0.1) is 0 Å². The van der Waals surface area contributed by atoms with Crippen LogP contribution < -0.4 is 0 Å². The summed E-state index contributed by atoms with van der Waals surface area (Å²) in [6, 6.07) is 68.7. The Kier molecular flexibility index (Phi) is 7.84. The van der Waals surface area contributed by atoms with E-state index in [9.17, 15) is 8.42 Å². The minimum absolute atomic E-state index is 0.355. The van der Waals surface area contributed by atoms with Gasteiger partial charge in [0, 0.05) is 45.8 Å². The van der Waals surface area contributed by atoms with Crippen molar-refractivity contribution >= 4 is 9.84 Å². The molecule has 2 aliphatic carbocycles. The van der Waals surface area contributed by atoms with E-state index in [1.165, 1.54) is 0 Å². The second kappa shape index (κ2) is 13.7. The quantitative estimate of drug-likeness (QED) is 0.177. The van der Waals surface area contributed by atoms with Gasteiger partial charge in [0.2, 0.25) is 9.84 Å².